The van der Waals surface area contributed by atoms with Gasteiger partial charge >= 0.3 is 12.0 Å². The van der Waals surface area contributed by atoms with Gasteiger partial charge in [0.1, 0.15) is 0 Å². The number of carboxylic acid groups (broad SMARTS) is 1. The van der Waals surface area contributed by atoms with E-state index >= 15 is 0 Å². The number of carbonyl (C=O) groups excluding carboxylic acids is 1. The largest absolute Gasteiger partial charge is 0.481 e. The summed E-state index contributed by atoms with van der Waals surface area (Å²) in [5.74, 6) is -0.956. The highest BCUT2D eigenvalue weighted by molar-refractivity contribution is 5.74. The molecule has 0 aromatic rings. The minimum absolute atomic E-state index is 0.0756. The van der Waals surface area contributed by atoms with Crippen molar-refractivity contribution in [2.75, 3.05) is 40.8 Å². The summed E-state index contributed by atoms with van der Waals surface area (Å²) in [6, 6.07) is -0.111. The maximum Gasteiger partial charge on any atom is 0.317 e. The lowest BCUT2D eigenvalue weighted by molar-refractivity contribution is -0.142. The SMILES string of the molecule is CN(C)CCCN(C)C(=O)NCC1CCCC1C(=O)O. The number of nitrogens with zero attached hydrogens (tertiary/aromatic N) is 2. The van der Waals surface area contributed by atoms with Crippen LogP contribution in [0.15, 0.2) is 0 Å². The maximum atomic E-state index is 11.9. The molecule has 1 aliphatic rings. The molecule has 6 nitrogen and oxygen atoms in total. The first-order valence-corrected chi connectivity index (χ1v) is 7.28. The van der Waals surface area contributed by atoms with Crippen molar-refractivity contribution < 1.29 is 14.7 Å². The zero-order valence-corrected chi connectivity index (χ0v) is 12.8. The second-order valence-electron chi connectivity index (χ2n) is 5.90. The van der Waals surface area contributed by atoms with Crippen molar-refractivity contribution in [3.8, 4) is 0 Å². The normalized spacial score (nSPS) is 22.0. The Balaban J connectivity index is 2.26. The van der Waals surface area contributed by atoms with Crippen molar-refractivity contribution in [3.05, 3.63) is 0 Å². The molecule has 0 aromatic carbocycles. The fourth-order valence-electron chi connectivity index (χ4n) is 2.69. The van der Waals surface area contributed by atoms with Crippen LogP contribution in [0, 0.1) is 11.8 Å². The number of hydrogen-bond donors (Lipinski definition) is 2. The Kier molecular flexibility index (Phi) is 6.78. The lowest BCUT2D eigenvalue weighted by Crippen LogP contribution is -2.41. The number of carboxylic acids is 1. The topological polar surface area (TPSA) is 72.9 Å². The first-order chi connectivity index (χ1) is 9.41. The summed E-state index contributed by atoms with van der Waals surface area (Å²) in [4.78, 5) is 26.7. The zero-order chi connectivity index (χ0) is 15.1. The Morgan fingerprint density at radius 3 is 2.50 bits per heavy atom. The van der Waals surface area contributed by atoms with Gasteiger partial charge in [0.15, 0.2) is 0 Å². The van der Waals surface area contributed by atoms with Crippen LogP contribution in [0.25, 0.3) is 0 Å². The van der Waals surface area contributed by atoms with Gasteiger partial charge in [-0.15, -0.1) is 0 Å². The van der Waals surface area contributed by atoms with Gasteiger partial charge in [-0.05, 0) is 45.8 Å². The van der Waals surface area contributed by atoms with Crippen molar-refractivity contribution in [2.24, 2.45) is 11.8 Å². The molecule has 1 fully saturated rings. The van der Waals surface area contributed by atoms with Gasteiger partial charge in [-0.1, -0.05) is 6.42 Å². The molecule has 1 aliphatic carbocycles. The summed E-state index contributed by atoms with van der Waals surface area (Å²) in [5, 5.41) is 12.0. The first kappa shape index (κ1) is 16.8. The van der Waals surface area contributed by atoms with E-state index in [9.17, 15) is 9.59 Å². The smallest absolute Gasteiger partial charge is 0.317 e. The first-order valence-electron chi connectivity index (χ1n) is 7.28. The average molecular weight is 285 g/mol. The molecule has 0 aromatic heterocycles. The molecule has 1 rings (SSSR count). The van der Waals surface area contributed by atoms with Crippen molar-refractivity contribution in [1.82, 2.24) is 15.1 Å². The quantitative estimate of drug-likeness (QED) is 0.734. The molecular formula is C14H27N3O3. The minimum Gasteiger partial charge on any atom is -0.481 e. The van der Waals surface area contributed by atoms with Gasteiger partial charge in [0, 0.05) is 20.1 Å². The van der Waals surface area contributed by atoms with Crippen molar-refractivity contribution in [1.29, 1.82) is 0 Å². The van der Waals surface area contributed by atoms with Gasteiger partial charge in [-0.2, -0.15) is 0 Å². The minimum atomic E-state index is -0.735. The Hall–Kier alpha value is -1.30. The van der Waals surface area contributed by atoms with E-state index in [1.807, 2.05) is 14.1 Å². The summed E-state index contributed by atoms with van der Waals surface area (Å²) in [6.07, 6.45) is 3.49. The molecule has 6 heteroatoms. The number of amides is 2. The van der Waals surface area contributed by atoms with Gasteiger partial charge in [0.05, 0.1) is 5.92 Å². The summed E-state index contributed by atoms with van der Waals surface area (Å²) in [7, 11) is 5.78. The molecule has 0 spiro atoms. The third-order valence-electron chi connectivity index (χ3n) is 3.94. The van der Waals surface area contributed by atoms with E-state index in [4.69, 9.17) is 5.11 Å². The van der Waals surface area contributed by atoms with Crippen LogP contribution in [0.5, 0.6) is 0 Å². The van der Waals surface area contributed by atoms with Crippen LogP contribution in [0.4, 0.5) is 4.79 Å². The van der Waals surface area contributed by atoms with Crippen LogP contribution >= 0.6 is 0 Å². The second kappa shape index (κ2) is 8.09. The molecule has 20 heavy (non-hydrogen) atoms. The molecule has 2 unspecified atom stereocenters. The monoisotopic (exact) mass is 285 g/mol. The van der Waals surface area contributed by atoms with Gasteiger partial charge in [-0.3, -0.25) is 4.79 Å². The number of urea groups is 1. The molecule has 0 radical (unpaired) electrons. The van der Waals surface area contributed by atoms with Crippen LogP contribution in [-0.2, 0) is 4.79 Å². The molecule has 1 saturated carbocycles. The Labute approximate surface area is 121 Å². The molecule has 0 aliphatic heterocycles. The Morgan fingerprint density at radius 1 is 1.20 bits per heavy atom. The highest BCUT2D eigenvalue weighted by atomic mass is 16.4. The van der Waals surface area contributed by atoms with E-state index in [2.05, 4.69) is 10.2 Å². The number of rotatable bonds is 7. The summed E-state index contributed by atoms with van der Waals surface area (Å²) in [6.45, 7) is 2.12. The third kappa shape index (κ3) is 5.36. The van der Waals surface area contributed by atoms with Crippen molar-refractivity contribution >= 4 is 12.0 Å². The average Bonchev–Trinajstić information content (AvgIpc) is 2.83. The second-order valence-corrected chi connectivity index (χ2v) is 5.90. The van der Waals surface area contributed by atoms with E-state index in [0.29, 0.717) is 13.1 Å². The van der Waals surface area contributed by atoms with Gasteiger partial charge in [0.2, 0.25) is 0 Å². The summed E-state index contributed by atoms with van der Waals surface area (Å²) < 4.78 is 0. The highest BCUT2D eigenvalue weighted by Gasteiger charge is 2.32. The Morgan fingerprint density at radius 2 is 1.90 bits per heavy atom. The van der Waals surface area contributed by atoms with E-state index in [1.165, 1.54) is 0 Å². The fraction of sp³-hybridized carbons (Fsp3) is 0.857. The molecule has 116 valence electrons. The number of aliphatic carboxylic acids is 1. The number of carbonyl (C=O) groups is 2. The van der Waals surface area contributed by atoms with E-state index in [1.54, 1.807) is 11.9 Å². The molecule has 2 N–H and O–H groups in total. The van der Waals surface area contributed by atoms with Crippen molar-refractivity contribution in [3.63, 3.8) is 0 Å². The number of hydrogen-bond acceptors (Lipinski definition) is 3. The van der Waals surface area contributed by atoms with E-state index in [0.717, 1.165) is 32.2 Å². The van der Waals surface area contributed by atoms with Crippen LogP contribution in [0.1, 0.15) is 25.7 Å². The summed E-state index contributed by atoms with van der Waals surface area (Å²) in [5.41, 5.74) is 0. The molecular weight excluding hydrogens is 258 g/mol. The Bertz CT molecular complexity index is 334. The van der Waals surface area contributed by atoms with Crippen LogP contribution < -0.4 is 5.32 Å². The molecule has 2 amide bonds. The standard InChI is InChI=1S/C14H27N3O3/c1-16(2)8-5-9-17(3)14(20)15-10-11-6-4-7-12(11)13(18)19/h11-12H,4-10H2,1-3H3,(H,15,20)(H,18,19). The molecule has 0 bridgehead atoms. The molecule has 0 saturated heterocycles. The molecule has 0 heterocycles. The van der Waals surface area contributed by atoms with Crippen molar-refractivity contribution in [2.45, 2.75) is 25.7 Å². The van der Waals surface area contributed by atoms with Crippen LogP contribution in [0.2, 0.25) is 0 Å². The zero-order valence-electron chi connectivity index (χ0n) is 12.8. The van der Waals surface area contributed by atoms with E-state index in [-0.39, 0.29) is 17.9 Å². The van der Waals surface area contributed by atoms with Gasteiger partial charge in [0.25, 0.3) is 0 Å². The fourth-order valence-corrected chi connectivity index (χ4v) is 2.69. The summed E-state index contributed by atoms with van der Waals surface area (Å²) >= 11 is 0. The number of nitrogens with one attached hydrogen (secondary N) is 1. The highest BCUT2D eigenvalue weighted by Crippen LogP contribution is 2.31. The van der Waals surface area contributed by atoms with Crippen LogP contribution in [0.3, 0.4) is 0 Å². The van der Waals surface area contributed by atoms with Gasteiger partial charge in [-0.25, -0.2) is 4.79 Å². The predicted molar refractivity (Wildman–Crippen MR) is 77.7 cm³/mol. The van der Waals surface area contributed by atoms with Crippen LogP contribution in [-0.4, -0.2) is 67.7 Å². The lowest BCUT2D eigenvalue weighted by atomic mass is 9.96. The predicted octanol–water partition coefficient (Wildman–Crippen LogP) is 1.08. The molecule has 2 atom stereocenters. The van der Waals surface area contributed by atoms with Gasteiger partial charge < -0.3 is 20.2 Å². The maximum absolute atomic E-state index is 11.9. The third-order valence-corrected chi connectivity index (χ3v) is 3.94. The lowest BCUT2D eigenvalue weighted by Gasteiger charge is -2.21. The van der Waals surface area contributed by atoms with E-state index < -0.39 is 5.97 Å².